The molecule has 1 atom stereocenters. The van der Waals surface area contributed by atoms with Crippen LogP contribution in [0.15, 0.2) is 42.5 Å². The summed E-state index contributed by atoms with van der Waals surface area (Å²) in [6, 6.07) is 8.15. The molecule has 2 fully saturated rings. The second-order valence-corrected chi connectivity index (χ2v) is 13.2. The van der Waals surface area contributed by atoms with Gasteiger partial charge in [-0.25, -0.2) is 18.0 Å². The molecule has 6 heteroatoms. The number of rotatable bonds is 13. The lowest BCUT2D eigenvalue weighted by Gasteiger charge is -2.38. The summed E-state index contributed by atoms with van der Waals surface area (Å²) < 4.78 is 50.2. The smallest absolute Gasteiger partial charge is 0.333 e. The number of esters is 1. The summed E-state index contributed by atoms with van der Waals surface area (Å²) in [5.41, 5.74) is 1.77. The normalized spacial score (nSPS) is 23.1. The number of unbranched alkanes of at least 4 members (excludes halogenated alkanes) is 2. The molecule has 0 saturated heterocycles. The molecule has 0 amide bonds. The van der Waals surface area contributed by atoms with Gasteiger partial charge in [0.15, 0.2) is 11.6 Å². The van der Waals surface area contributed by atoms with E-state index in [1.165, 1.54) is 25.0 Å². The molecule has 43 heavy (non-hydrogen) atoms. The van der Waals surface area contributed by atoms with Crippen LogP contribution in [-0.2, 0) is 16.0 Å². The lowest BCUT2D eigenvalue weighted by Crippen LogP contribution is -2.27. The van der Waals surface area contributed by atoms with E-state index in [4.69, 9.17) is 4.74 Å². The van der Waals surface area contributed by atoms with Crippen molar-refractivity contribution in [1.82, 2.24) is 0 Å². The molecule has 1 N–H and O–H groups in total. The highest BCUT2D eigenvalue weighted by Crippen LogP contribution is 2.45. The van der Waals surface area contributed by atoms with E-state index in [1.807, 2.05) is 6.07 Å². The van der Waals surface area contributed by atoms with Crippen LogP contribution in [-0.4, -0.2) is 24.3 Å². The maximum absolute atomic E-state index is 15.3. The average Bonchev–Trinajstić information content (AvgIpc) is 3.02. The molecule has 0 aliphatic heterocycles. The first-order chi connectivity index (χ1) is 20.7. The second-order valence-electron chi connectivity index (χ2n) is 13.2. The third kappa shape index (κ3) is 8.74. The van der Waals surface area contributed by atoms with Crippen molar-refractivity contribution in [2.75, 3.05) is 13.2 Å². The number of aliphatic hydroxyl groups is 1. The molecular formula is C37H49F3O3. The van der Waals surface area contributed by atoms with E-state index >= 15 is 4.39 Å². The van der Waals surface area contributed by atoms with E-state index < -0.39 is 23.4 Å². The van der Waals surface area contributed by atoms with Crippen molar-refractivity contribution < 1.29 is 27.8 Å². The van der Waals surface area contributed by atoms with Crippen molar-refractivity contribution in [2.24, 2.45) is 23.7 Å². The van der Waals surface area contributed by atoms with Gasteiger partial charge >= 0.3 is 5.97 Å². The van der Waals surface area contributed by atoms with Crippen LogP contribution in [0.25, 0.3) is 11.1 Å². The van der Waals surface area contributed by atoms with Gasteiger partial charge in [0.1, 0.15) is 5.82 Å². The Morgan fingerprint density at radius 2 is 1.58 bits per heavy atom. The summed E-state index contributed by atoms with van der Waals surface area (Å²) in [5.74, 6) is -0.536. The first-order valence-corrected chi connectivity index (χ1v) is 16.4. The van der Waals surface area contributed by atoms with Crippen LogP contribution < -0.4 is 0 Å². The molecule has 0 aromatic heterocycles. The Hall–Kier alpha value is -2.60. The summed E-state index contributed by atoms with van der Waals surface area (Å²) >= 11 is 0. The fourth-order valence-electron chi connectivity index (χ4n) is 7.36. The van der Waals surface area contributed by atoms with Gasteiger partial charge in [0.05, 0.1) is 6.61 Å². The Labute approximate surface area is 255 Å². The molecule has 0 spiro atoms. The molecule has 2 aliphatic rings. The maximum Gasteiger partial charge on any atom is 0.333 e. The highest BCUT2D eigenvalue weighted by Gasteiger charge is 2.32. The van der Waals surface area contributed by atoms with Gasteiger partial charge in [-0.05, 0) is 106 Å². The van der Waals surface area contributed by atoms with E-state index in [0.29, 0.717) is 35.3 Å². The van der Waals surface area contributed by atoms with Crippen LogP contribution in [0.3, 0.4) is 0 Å². The van der Waals surface area contributed by atoms with Gasteiger partial charge in [-0.15, -0.1) is 0 Å². The van der Waals surface area contributed by atoms with Crippen LogP contribution in [0, 0.1) is 41.1 Å². The number of carbonyl (C=O) groups is 1. The van der Waals surface area contributed by atoms with Crippen molar-refractivity contribution in [3.8, 4) is 11.1 Å². The quantitative estimate of drug-likeness (QED) is 0.142. The standard InChI is InChI=1S/C37H49F3O3/c1-4-5-6-7-30-16-19-33(36(40)35(30)39)32-18-17-31(21-34(32)38)29-14-12-28(13-15-29)27-10-8-25(9-11-27)20-26(22-41)23-43-37(42)24(2)3/h16-19,21,25-29,41H,2,4-15,20,22-23H2,1,3H3. The van der Waals surface area contributed by atoms with E-state index in [9.17, 15) is 18.7 Å². The van der Waals surface area contributed by atoms with Gasteiger partial charge in [0.2, 0.25) is 0 Å². The van der Waals surface area contributed by atoms with Crippen LogP contribution in [0.2, 0.25) is 0 Å². The van der Waals surface area contributed by atoms with E-state index in [1.54, 1.807) is 19.1 Å². The number of aliphatic hydroxyl groups excluding tert-OH is 1. The van der Waals surface area contributed by atoms with Crippen molar-refractivity contribution >= 4 is 5.97 Å². The number of halogens is 3. The first kappa shape index (κ1) is 33.3. The summed E-state index contributed by atoms with van der Waals surface area (Å²) in [7, 11) is 0. The number of carbonyl (C=O) groups excluding carboxylic acids is 1. The van der Waals surface area contributed by atoms with Gasteiger partial charge < -0.3 is 9.84 Å². The minimum absolute atomic E-state index is 0.0155. The van der Waals surface area contributed by atoms with Crippen LogP contribution in [0.4, 0.5) is 13.2 Å². The number of benzene rings is 2. The number of ether oxygens (including phenoxy) is 1. The number of hydrogen-bond acceptors (Lipinski definition) is 3. The lowest BCUT2D eigenvalue weighted by molar-refractivity contribution is -0.140. The van der Waals surface area contributed by atoms with Gasteiger partial charge in [-0.1, -0.05) is 63.5 Å². The molecule has 0 heterocycles. The third-order valence-corrected chi connectivity index (χ3v) is 10.0. The predicted octanol–water partition coefficient (Wildman–Crippen LogP) is 9.70. The zero-order valence-corrected chi connectivity index (χ0v) is 26.0. The zero-order chi connectivity index (χ0) is 30.9. The van der Waals surface area contributed by atoms with E-state index in [-0.39, 0.29) is 36.2 Å². The van der Waals surface area contributed by atoms with Gasteiger partial charge in [0, 0.05) is 29.2 Å². The largest absolute Gasteiger partial charge is 0.462 e. The minimum atomic E-state index is -0.964. The topological polar surface area (TPSA) is 46.5 Å². The highest BCUT2D eigenvalue weighted by atomic mass is 19.2. The number of aryl methyl sites for hydroxylation is 1. The van der Waals surface area contributed by atoms with Crippen molar-refractivity contribution in [1.29, 1.82) is 0 Å². The minimum Gasteiger partial charge on any atom is -0.462 e. The molecule has 1 unspecified atom stereocenters. The Kier molecular flexibility index (Phi) is 12.3. The summed E-state index contributed by atoms with van der Waals surface area (Å²) in [5, 5.41) is 9.77. The SMILES string of the molecule is C=C(C)C(=O)OCC(CO)CC1CCC(C2CCC(c3ccc(-c4ccc(CCCCC)c(F)c4F)c(F)c3)CC2)CC1. The highest BCUT2D eigenvalue weighted by molar-refractivity contribution is 5.86. The Morgan fingerprint density at radius 1 is 0.930 bits per heavy atom. The monoisotopic (exact) mass is 598 g/mol. The Morgan fingerprint density at radius 3 is 2.19 bits per heavy atom. The molecule has 2 aliphatic carbocycles. The second kappa shape index (κ2) is 15.9. The molecule has 2 aromatic rings. The third-order valence-electron chi connectivity index (χ3n) is 10.0. The summed E-state index contributed by atoms with van der Waals surface area (Å²) in [6.45, 7) is 7.56. The van der Waals surface area contributed by atoms with Gasteiger partial charge in [0.25, 0.3) is 0 Å². The average molecular weight is 599 g/mol. The van der Waals surface area contributed by atoms with E-state index in [0.717, 1.165) is 69.8 Å². The van der Waals surface area contributed by atoms with Gasteiger partial charge in [-0.3, -0.25) is 0 Å². The lowest BCUT2D eigenvalue weighted by atomic mass is 9.67. The fourth-order valence-corrected chi connectivity index (χ4v) is 7.36. The first-order valence-electron chi connectivity index (χ1n) is 16.4. The Balaban J connectivity index is 1.27. The van der Waals surface area contributed by atoms with E-state index in [2.05, 4.69) is 13.5 Å². The molecular weight excluding hydrogens is 549 g/mol. The summed E-state index contributed by atoms with van der Waals surface area (Å²) in [4.78, 5) is 11.7. The molecule has 3 nitrogen and oxygen atoms in total. The molecule has 2 aromatic carbocycles. The number of hydrogen-bond donors (Lipinski definition) is 1. The Bertz CT molecular complexity index is 1230. The molecule has 236 valence electrons. The van der Waals surface area contributed by atoms with Crippen LogP contribution in [0.1, 0.15) is 108 Å². The molecule has 0 radical (unpaired) electrons. The van der Waals surface area contributed by atoms with Crippen molar-refractivity contribution in [3.05, 3.63) is 71.1 Å². The summed E-state index contributed by atoms with van der Waals surface area (Å²) in [6.07, 6.45) is 13.1. The van der Waals surface area contributed by atoms with Gasteiger partial charge in [-0.2, -0.15) is 0 Å². The predicted molar refractivity (Wildman–Crippen MR) is 166 cm³/mol. The zero-order valence-electron chi connectivity index (χ0n) is 26.0. The van der Waals surface area contributed by atoms with Crippen molar-refractivity contribution in [3.63, 3.8) is 0 Å². The maximum atomic E-state index is 15.3. The van der Waals surface area contributed by atoms with Crippen LogP contribution in [0.5, 0.6) is 0 Å². The molecule has 4 rings (SSSR count). The molecule has 2 saturated carbocycles. The molecule has 0 bridgehead atoms. The fraction of sp³-hybridized carbons (Fsp3) is 0.595. The van der Waals surface area contributed by atoms with Crippen LogP contribution >= 0.6 is 0 Å². The van der Waals surface area contributed by atoms with Crippen molar-refractivity contribution in [2.45, 2.75) is 103 Å².